The molecule has 0 aliphatic carbocycles. The summed E-state index contributed by atoms with van der Waals surface area (Å²) in [7, 11) is 1.44. The van der Waals surface area contributed by atoms with Crippen LogP contribution >= 0.6 is 23.4 Å². The van der Waals surface area contributed by atoms with E-state index in [0.29, 0.717) is 10.8 Å². The number of thioether (sulfide) groups is 1. The summed E-state index contributed by atoms with van der Waals surface area (Å²) in [6.45, 7) is 1.95. The molecule has 1 N–H and O–H groups in total. The number of rotatable bonds is 6. The van der Waals surface area contributed by atoms with Gasteiger partial charge in [0, 0.05) is 9.92 Å². The van der Waals surface area contributed by atoms with Gasteiger partial charge < -0.3 is 10.1 Å². The van der Waals surface area contributed by atoms with Gasteiger partial charge in [0.15, 0.2) is 0 Å². The maximum absolute atomic E-state index is 14.3. The first-order valence-electron chi connectivity index (χ1n) is 9.61. The minimum absolute atomic E-state index is 0.0206. The quantitative estimate of drug-likeness (QED) is 0.464. The highest BCUT2D eigenvalue weighted by molar-refractivity contribution is 8.04. The SMILES string of the molecule is COc1ccc(Cl)cc1N1C(=O)C(Nc2ccccc2F)=C(Sc2ccc(C)cc2)C1=O. The second-order valence-corrected chi connectivity index (χ2v) is 8.51. The molecule has 0 spiro atoms. The number of para-hydroxylation sites is 1. The lowest BCUT2D eigenvalue weighted by Gasteiger charge is -2.18. The number of carbonyl (C=O) groups excluding carboxylic acids is 2. The van der Waals surface area contributed by atoms with Crippen molar-refractivity contribution in [3.63, 3.8) is 0 Å². The first-order chi connectivity index (χ1) is 15.4. The largest absolute Gasteiger partial charge is 0.495 e. The number of hydrogen-bond acceptors (Lipinski definition) is 5. The van der Waals surface area contributed by atoms with Crippen molar-refractivity contribution in [2.45, 2.75) is 11.8 Å². The summed E-state index contributed by atoms with van der Waals surface area (Å²) in [4.78, 5) is 28.8. The Labute approximate surface area is 193 Å². The third-order valence-electron chi connectivity index (χ3n) is 4.80. The number of anilines is 2. The number of nitrogens with one attached hydrogen (secondary N) is 1. The van der Waals surface area contributed by atoms with Crippen molar-refractivity contribution in [2.24, 2.45) is 0 Å². The van der Waals surface area contributed by atoms with Crippen molar-refractivity contribution in [3.05, 3.63) is 93.7 Å². The highest BCUT2D eigenvalue weighted by Gasteiger charge is 2.41. The molecule has 0 radical (unpaired) electrons. The molecule has 0 atom stereocenters. The minimum atomic E-state index is -0.631. The summed E-state index contributed by atoms with van der Waals surface area (Å²) in [5.74, 6) is -1.42. The van der Waals surface area contributed by atoms with Crippen molar-refractivity contribution in [3.8, 4) is 5.75 Å². The highest BCUT2D eigenvalue weighted by Crippen LogP contribution is 2.41. The molecule has 1 aliphatic heterocycles. The normalized spacial score (nSPS) is 13.7. The minimum Gasteiger partial charge on any atom is -0.495 e. The first-order valence-corrected chi connectivity index (χ1v) is 10.8. The second-order valence-electron chi connectivity index (χ2n) is 6.99. The summed E-state index contributed by atoms with van der Waals surface area (Å²) in [5.41, 5.74) is 1.34. The smallest absolute Gasteiger partial charge is 0.283 e. The maximum atomic E-state index is 14.3. The van der Waals surface area contributed by atoms with Gasteiger partial charge >= 0.3 is 0 Å². The van der Waals surface area contributed by atoms with Crippen molar-refractivity contribution < 1.29 is 18.7 Å². The number of methoxy groups -OCH3 is 1. The predicted molar refractivity (Wildman–Crippen MR) is 125 cm³/mol. The van der Waals surface area contributed by atoms with E-state index >= 15 is 0 Å². The van der Waals surface area contributed by atoms with E-state index in [0.717, 1.165) is 27.1 Å². The van der Waals surface area contributed by atoms with Crippen LogP contribution in [0.25, 0.3) is 0 Å². The molecule has 4 rings (SSSR count). The third-order valence-corrected chi connectivity index (χ3v) is 6.12. The van der Waals surface area contributed by atoms with Crippen LogP contribution in [0.15, 0.2) is 82.2 Å². The van der Waals surface area contributed by atoms with E-state index in [1.54, 1.807) is 24.3 Å². The molecule has 2 amide bonds. The molecule has 0 bridgehead atoms. The fourth-order valence-corrected chi connectivity index (χ4v) is 4.29. The lowest BCUT2D eigenvalue weighted by Crippen LogP contribution is -2.32. The number of amides is 2. The Hall–Kier alpha value is -3.29. The molecule has 3 aromatic rings. The topological polar surface area (TPSA) is 58.6 Å². The molecule has 32 heavy (non-hydrogen) atoms. The Balaban J connectivity index is 1.80. The fraction of sp³-hybridized carbons (Fsp3) is 0.0833. The van der Waals surface area contributed by atoms with Crippen molar-refractivity contribution in [1.29, 1.82) is 0 Å². The maximum Gasteiger partial charge on any atom is 0.283 e. The second kappa shape index (κ2) is 9.06. The Morgan fingerprint density at radius 3 is 2.41 bits per heavy atom. The van der Waals surface area contributed by atoms with Crippen molar-refractivity contribution in [1.82, 2.24) is 0 Å². The Kier molecular flexibility index (Phi) is 6.21. The molecule has 0 fully saturated rings. The van der Waals surface area contributed by atoms with E-state index in [9.17, 15) is 14.0 Å². The van der Waals surface area contributed by atoms with Gasteiger partial charge in [-0.15, -0.1) is 0 Å². The van der Waals surface area contributed by atoms with E-state index in [1.807, 2.05) is 31.2 Å². The standard InChI is InChI=1S/C24H18ClFN2O3S/c1-14-7-10-16(11-8-14)32-22-21(27-18-6-4-3-5-17(18)26)23(29)28(24(22)30)19-13-15(25)9-12-20(19)31-2/h3-13,27H,1-2H3. The van der Waals surface area contributed by atoms with Crippen LogP contribution < -0.4 is 15.0 Å². The average molecular weight is 469 g/mol. The predicted octanol–water partition coefficient (Wildman–Crippen LogP) is 5.79. The Morgan fingerprint density at radius 1 is 1.00 bits per heavy atom. The van der Waals surface area contributed by atoms with Crippen molar-refractivity contribution >= 4 is 46.6 Å². The third kappa shape index (κ3) is 4.22. The van der Waals surface area contributed by atoms with E-state index in [1.165, 1.54) is 25.3 Å². The zero-order valence-electron chi connectivity index (χ0n) is 17.2. The van der Waals surface area contributed by atoms with Crippen molar-refractivity contribution in [2.75, 3.05) is 17.3 Å². The Bertz CT molecular complexity index is 1240. The number of nitrogens with zero attached hydrogens (tertiary/aromatic N) is 1. The van der Waals surface area contributed by atoms with Crippen LogP contribution in [0.2, 0.25) is 5.02 Å². The van der Waals surface area contributed by atoms with Gasteiger partial charge in [-0.05, 0) is 49.4 Å². The molecular formula is C24H18ClFN2O3S. The van der Waals surface area contributed by atoms with Gasteiger partial charge in [-0.25, -0.2) is 9.29 Å². The van der Waals surface area contributed by atoms with Crippen LogP contribution in [0.3, 0.4) is 0 Å². The van der Waals surface area contributed by atoms with Crippen LogP contribution in [0.5, 0.6) is 5.75 Å². The monoisotopic (exact) mass is 468 g/mol. The molecule has 162 valence electrons. The van der Waals surface area contributed by atoms with E-state index < -0.39 is 17.6 Å². The van der Waals surface area contributed by atoms with Gasteiger partial charge in [-0.1, -0.05) is 53.2 Å². The molecule has 5 nitrogen and oxygen atoms in total. The summed E-state index contributed by atoms with van der Waals surface area (Å²) in [5, 5.41) is 3.16. The molecule has 8 heteroatoms. The molecule has 1 aliphatic rings. The van der Waals surface area contributed by atoms with Gasteiger partial charge in [0.1, 0.15) is 22.2 Å². The van der Waals surface area contributed by atoms with Gasteiger partial charge in [-0.3, -0.25) is 9.59 Å². The number of ether oxygens (including phenoxy) is 1. The Morgan fingerprint density at radius 2 is 1.72 bits per heavy atom. The lowest BCUT2D eigenvalue weighted by molar-refractivity contribution is -0.120. The van der Waals surface area contributed by atoms with Crippen LogP contribution in [0.4, 0.5) is 15.8 Å². The van der Waals surface area contributed by atoms with Gasteiger partial charge in [0.2, 0.25) is 0 Å². The molecule has 0 aromatic heterocycles. The first kappa shape index (κ1) is 21.9. The molecule has 0 saturated carbocycles. The molecule has 0 unspecified atom stereocenters. The van der Waals surface area contributed by atoms with Crippen LogP contribution in [0.1, 0.15) is 5.56 Å². The highest BCUT2D eigenvalue weighted by atomic mass is 35.5. The number of hydrogen-bond donors (Lipinski definition) is 1. The molecule has 1 heterocycles. The lowest BCUT2D eigenvalue weighted by atomic mass is 10.2. The summed E-state index contributed by atoms with van der Waals surface area (Å²) in [6, 6.07) is 18.1. The van der Waals surface area contributed by atoms with E-state index in [2.05, 4.69) is 5.32 Å². The molecule has 0 saturated heterocycles. The summed E-state index contributed by atoms with van der Waals surface area (Å²) < 4.78 is 19.7. The number of carbonyl (C=O) groups is 2. The summed E-state index contributed by atoms with van der Waals surface area (Å²) in [6.07, 6.45) is 0. The van der Waals surface area contributed by atoms with Gasteiger partial charge in [0.25, 0.3) is 11.8 Å². The molecular weight excluding hydrogens is 451 g/mol. The van der Waals surface area contributed by atoms with Crippen LogP contribution in [0, 0.1) is 12.7 Å². The number of halogens is 2. The zero-order chi connectivity index (χ0) is 22.8. The number of imide groups is 1. The van der Waals surface area contributed by atoms with Crippen LogP contribution in [-0.2, 0) is 9.59 Å². The number of aryl methyl sites for hydroxylation is 1. The summed E-state index contributed by atoms with van der Waals surface area (Å²) >= 11 is 7.26. The molecule has 3 aromatic carbocycles. The zero-order valence-corrected chi connectivity index (χ0v) is 18.8. The average Bonchev–Trinajstić information content (AvgIpc) is 3.00. The van der Waals surface area contributed by atoms with E-state index in [-0.39, 0.29) is 22.0 Å². The fourth-order valence-electron chi connectivity index (χ4n) is 3.19. The van der Waals surface area contributed by atoms with E-state index in [4.69, 9.17) is 16.3 Å². The van der Waals surface area contributed by atoms with Gasteiger partial charge in [0.05, 0.1) is 18.5 Å². The van der Waals surface area contributed by atoms with Crippen LogP contribution in [-0.4, -0.2) is 18.9 Å². The van der Waals surface area contributed by atoms with Gasteiger partial charge in [-0.2, -0.15) is 0 Å². The number of benzene rings is 3.